The van der Waals surface area contributed by atoms with Crippen molar-refractivity contribution in [2.45, 2.75) is 0 Å². The molecule has 8 rings (SSSR count). The SMILES string of the molecule is O=c1c2sc3c4c(ccc(c24)c2[nH]c4sccc4n12)c(=O)n1c2ccsc2[nH]c31. The van der Waals surface area contributed by atoms with Crippen molar-refractivity contribution in [3.8, 4) is 0 Å². The van der Waals surface area contributed by atoms with Gasteiger partial charge in [-0.15, -0.1) is 34.0 Å². The van der Waals surface area contributed by atoms with Gasteiger partial charge < -0.3 is 9.97 Å². The number of H-pyrrole nitrogens is 2. The van der Waals surface area contributed by atoms with Crippen molar-refractivity contribution in [3.05, 3.63) is 55.7 Å². The largest absolute Gasteiger partial charge is 0.331 e. The van der Waals surface area contributed by atoms with E-state index < -0.39 is 0 Å². The summed E-state index contributed by atoms with van der Waals surface area (Å²) in [4.78, 5) is 35.6. The van der Waals surface area contributed by atoms with Crippen molar-refractivity contribution < 1.29 is 0 Å². The Balaban J connectivity index is 1.79. The molecule has 29 heavy (non-hydrogen) atoms. The number of thiophene rings is 3. The number of pyridine rings is 2. The molecule has 0 radical (unpaired) electrons. The Bertz CT molecular complexity index is 2070. The first kappa shape index (κ1) is 14.8. The van der Waals surface area contributed by atoms with Crippen molar-refractivity contribution in [1.29, 1.82) is 0 Å². The van der Waals surface area contributed by atoms with Crippen LogP contribution in [0.3, 0.4) is 0 Å². The molecule has 7 aromatic heterocycles. The molecule has 1 aromatic carbocycles. The van der Waals surface area contributed by atoms with Gasteiger partial charge in [0.1, 0.15) is 25.7 Å². The minimum absolute atomic E-state index is 0.0372. The van der Waals surface area contributed by atoms with E-state index >= 15 is 0 Å². The van der Waals surface area contributed by atoms with E-state index in [-0.39, 0.29) is 11.1 Å². The molecule has 2 N–H and O–H groups in total. The fraction of sp³-hybridized carbons (Fsp3) is 0. The molecule has 9 heteroatoms. The van der Waals surface area contributed by atoms with Gasteiger partial charge in [-0.3, -0.25) is 18.4 Å². The zero-order valence-electron chi connectivity index (χ0n) is 14.4. The lowest BCUT2D eigenvalue weighted by molar-refractivity contribution is 1.19. The van der Waals surface area contributed by atoms with Gasteiger partial charge in [0, 0.05) is 21.5 Å². The molecule has 0 saturated carbocycles. The van der Waals surface area contributed by atoms with Gasteiger partial charge in [0.2, 0.25) is 0 Å². The quantitative estimate of drug-likeness (QED) is 0.333. The van der Waals surface area contributed by atoms with Crippen molar-refractivity contribution in [3.63, 3.8) is 0 Å². The minimum atomic E-state index is -0.0496. The van der Waals surface area contributed by atoms with Crippen molar-refractivity contribution in [1.82, 2.24) is 18.8 Å². The van der Waals surface area contributed by atoms with E-state index in [4.69, 9.17) is 0 Å². The molecule has 0 bridgehead atoms. The Morgan fingerprint density at radius 1 is 0.690 bits per heavy atom. The predicted molar refractivity (Wildman–Crippen MR) is 122 cm³/mol. The van der Waals surface area contributed by atoms with Gasteiger partial charge in [-0.2, -0.15) is 0 Å². The lowest BCUT2D eigenvalue weighted by atomic mass is 10.0. The Labute approximate surface area is 171 Å². The summed E-state index contributed by atoms with van der Waals surface area (Å²) in [5.41, 5.74) is 3.25. The predicted octanol–water partition coefficient (Wildman–Crippen LogP) is 4.96. The summed E-state index contributed by atoms with van der Waals surface area (Å²) in [6.07, 6.45) is 0. The second-order valence-corrected chi connectivity index (χ2v) is 10.0. The number of aromatic nitrogens is 4. The Kier molecular flexibility index (Phi) is 2.31. The van der Waals surface area contributed by atoms with Crippen molar-refractivity contribution in [2.24, 2.45) is 0 Å². The van der Waals surface area contributed by atoms with Crippen LogP contribution in [0.5, 0.6) is 0 Å². The number of nitrogens with zero attached hydrogens (tertiary/aromatic N) is 2. The summed E-state index contributed by atoms with van der Waals surface area (Å²) in [6, 6.07) is 7.80. The molecular formula is C20H8N4O2S3. The summed E-state index contributed by atoms with van der Waals surface area (Å²) in [6.45, 7) is 0. The molecular weight excluding hydrogens is 424 g/mol. The Hall–Kier alpha value is -3.14. The van der Waals surface area contributed by atoms with Crippen LogP contribution in [0.25, 0.3) is 62.9 Å². The summed E-state index contributed by atoms with van der Waals surface area (Å²) in [5, 5.41) is 7.36. The standard InChI is InChI=1S/C20H8N4O2S3/c25-19-8-2-1-7-11-12(8)13(16-22-18-10(24(16)19)4-6-28-18)29-14(11)20(26)23-9-3-5-27-17(9)21-15(7)23/h1-6,21-22H. The Morgan fingerprint density at radius 2 is 1.31 bits per heavy atom. The molecule has 138 valence electrons. The highest BCUT2D eigenvalue weighted by Gasteiger charge is 2.24. The average molecular weight is 433 g/mol. The maximum absolute atomic E-state index is 13.5. The normalized spacial score (nSPS) is 13.1. The van der Waals surface area contributed by atoms with Crippen molar-refractivity contribution >= 4 is 96.9 Å². The fourth-order valence-corrected chi connectivity index (χ4v) is 7.46. The number of benzene rings is 1. The minimum Gasteiger partial charge on any atom is -0.331 e. The van der Waals surface area contributed by atoms with E-state index in [1.807, 2.05) is 35.0 Å². The monoisotopic (exact) mass is 432 g/mol. The Morgan fingerprint density at radius 3 is 2.07 bits per heavy atom. The third-order valence-corrected chi connectivity index (χ3v) is 8.67. The van der Waals surface area contributed by atoms with Crippen LogP contribution in [0.1, 0.15) is 0 Å². The second-order valence-electron chi connectivity index (χ2n) is 7.17. The zero-order chi connectivity index (χ0) is 19.0. The molecule has 0 unspecified atom stereocenters. The van der Waals surface area contributed by atoms with Crippen LogP contribution < -0.4 is 11.1 Å². The summed E-state index contributed by atoms with van der Waals surface area (Å²) >= 11 is 4.63. The van der Waals surface area contributed by atoms with E-state index in [9.17, 15) is 9.59 Å². The maximum atomic E-state index is 13.5. The molecule has 0 fully saturated rings. The van der Waals surface area contributed by atoms with Crippen molar-refractivity contribution in [2.75, 3.05) is 0 Å². The van der Waals surface area contributed by atoms with Gasteiger partial charge in [0.15, 0.2) is 0 Å². The third kappa shape index (κ3) is 1.47. The molecule has 0 saturated heterocycles. The fourth-order valence-electron chi connectivity index (χ4n) is 4.67. The molecule has 7 heterocycles. The lowest BCUT2D eigenvalue weighted by Gasteiger charge is -2.05. The van der Waals surface area contributed by atoms with Gasteiger partial charge >= 0.3 is 0 Å². The van der Waals surface area contributed by atoms with E-state index in [0.717, 1.165) is 52.8 Å². The first-order chi connectivity index (χ1) is 14.2. The lowest BCUT2D eigenvalue weighted by Crippen LogP contribution is -2.13. The van der Waals surface area contributed by atoms with Crippen LogP contribution in [0, 0.1) is 0 Å². The van der Waals surface area contributed by atoms with Crippen LogP contribution in [0.2, 0.25) is 0 Å². The van der Waals surface area contributed by atoms with E-state index in [0.29, 0.717) is 10.1 Å². The molecule has 8 aromatic rings. The number of hydrogen-bond acceptors (Lipinski definition) is 5. The van der Waals surface area contributed by atoms with E-state index in [1.165, 1.54) is 11.3 Å². The number of nitrogens with one attached hydrogen (secondary N) is 2. The van der Waals surface area contributed by atoms with Gasteiger partial charge in [-0.05, 0) is 35.0 Å². The number of rotatable bonds is 0. The van der Waals surface area contributed by atoms with Crippen LogP contribution in [0.4, 0.5) is 0 Å². The van der Waals surface area contributed by atoms with Crippen LogP contribution in [0.15, 0.2) is 44.6 Å². The molecule has 0 amide bonds. The van der Waals surface area contributed by atoms with Gasteiger partial charge in [0.05, 0.1) is 15.7 Å². The van der Waals surface area contributed by atoms with Crippen LogP contribution in [-0.4, -0.2) is 18.8 Å². The number of hydrogen-bond donors (Lipinski definition) is 2. The summed E-state index contributed by atoms with van der Waals surface area (Å²) < 4.78 is 5.16. The number of fused-ring (bicyclic) bond motifs is 8. The third-order valence-electron chi connectivity index (χ3n) is 5.85. The van der Waals surface area contributed by atoms with Gasteiger partial charge in [0.25, 0.3) is 11.1 Å². The highest BCUT2D eigenvalue weighted by molar-refractivity contribution is 7.27. The first-order valence-corrected chi connectivity index (χ1v) is 11.5. The van der Waals surface area contributed by atoms with Crippen LogP contribution >= 0.6 is 34.0 Å². The molecule has 6 nitrogen and oxygen atoms in total. The molecule has 0 atom stereocenters. The zero-order valence-corrected chi connectivity index (χ0v) is 16.8. The topological polar surface area (TPSA) is 74.5 Å². The van der Waals surface area contributed by atoms with E-state index in [2.05, 4.69) is 9.97 Å². The highest BCUT2D eigenvalue weighted by atomic mass is 32.1. The molecule has 0 aliphatic carbocycles. The second kappa shape index (κ2) is 4.54. The summed E-state index contributed by atoms with van der Waals surface area (Å²) in [7, 11) is 0. The maximum Gasteiger partial charge on any atom is 0.274 e. The number of aromatic amines is 2. The smallest absolute Gasteiger partial charge is 0.274 e. The average Bonchev–Trinajstić information content (AvgIpc) is 3.48. The van der Waals surface area contributed by atoms with Gasteiger partial charge in [-0.25, -0.2) is 0 Å². The number of imidazole rings is 2. The molecule has 0 aliphatic rings. The van der Waals surface area contributed by atoms with Crippen LogP contribution in [-0.2, 0) is 0 Å². The molecule has 0 spiro atoms. The van der Waals surface area contributed by atoms with Gasteiger partial charge in [-0.1, -0.05) is 0 Å². The first-order valence-electron chi connectivity index (χ1n) is 8.94. The highest BCUT2D eigenvalue weighted by Crippen LogP contribution is 2.42. The summed E-state index contributed by atoms with van der Waals surface area (Å²) in [5.74, 6) is 0. The van der Waals surface area contributed by atoms with E-state index in [1.54, 1.807) is 31.5 Å². The molecule has 0 aliphatic heterocycles.